The number of hydrogen-bond donors (Lipinski definition) is 0. The summed E-state index contributed by atoms with van der Waals surface area (Å²) in [7, 11) is 0. The van der Waals surface area contributed by atoms with Crippen LogP contribution in [-0.2, 0) is 0 Å². The van der Waals surface area contributed by atoms with Crippen LogP contribution in [0, 0.1) is 5.82 Å². The van der Waals surface area contributed by atoms with Crippen molar-refractivity contribution in [1.29, 1.82) is 0 Å². The van der Waals surface area contributed by atoms with Gasteiger partial charge < -0.3 is 13.9 Å². The molecule has 0 bridgehead atoms. The van der Waals surface area contributed by atoms with Gasteiger partial charge in [0.05, 0.1) is 10.6 Å². The average Bonchev–Trinajstić information content (AvgIpc) is 3.07. The van der Waals surface area contributed by atoms with E-state index in [9.17, 15) is 4.39 Å². The smallest absolute Gasteiger partial charge is 0.249 e. The number of ether oxygens (including phenoxy) is 2. The highest BCUT2D eigenvalue weighted by Crippen LogP contribution is 2.35. The van der Waals surface area contributed by atoms with Gasteiger partial charge in [0.1, 0.15) is 19.0 Å². The molecule has 0 saturated heterocycles. The van der Waals surface area contributed by atoms with Gasteiger partial charge in [0.25, 0.3) is 0 Å². The molecule has 0 atom stereocenters. The second kappa shape index (κ2) is 5.55. The molecule has 3 aromatic rings. The van der Waals surface area contributed by atoms with Crippen LogP contribution in [0.4, 0.5) is 4.39 Å². The van der Waals surface area contributed by atoms with Crippen LogP contribution in [0.25, 0.3) is 22.9 Å². The first-order chi connectivity index (χ1) is 11.2. The summed E-state index contributed by atoms with van der Waals surface area (Å²) in [6, 6.07) is 9.75. The summed E-state index contributed by atoms with van der Waals surface area (Å²) in [4.78, 5) is 0. The quantitative estimate of drug-likeness (QED) is 0.710. The number of halogens is 2. The van der Waals surface area contributed by atoms with Gasteiger partial charge in [0.2, 0.25) is 11.8 Å². The van der Waals surface area contributed by atoms with Crippen LogP contribution in [0.5, 0.6) is 11.5 Å². The monoisotopic (exact) mass is 332 g/mol. The normalized spacial score (nSPS) is 13.1. The predicted octanol–water partition coefficient (Wildman–Crippen LogP) is 3.97. The van der Waals surface area contributed by atoms with Crippen molar-refractivity contribution < 1.29 is 18.3 Å². The first-order valence-corrected chi connectivity index (χ1v) is 7.28. The Balaban J connectivity index is 1.72. The van der Waals surface area contributed by atoms with E-state index in [2.05, 4.69) is 10.2 Å². The molecular formula is C16H10ClFN2O3. The van der Waals surface area contributed by atoms with Crippen molar-refractivity contribution in [2.45, 2.75) is 0 Å². The van der Waals surface area contributed by atoms with Gasteiger partial charge in [-0.2, -0.15) is 0 Å². The molecule has 116 valence electrons. The maximum atomic E-state index is 13.5. The standard InChI is InChI=1S/C16H10ClFN2O3/c17-14-10(2-1-3-11(14)18)16-20-19-15(23-16)9-4-5-12-13(8-9)22-7-6-21-12/h1-5,8H,6-7H2. The highest BCUT2D eigenvalue weighted by Gasteiger charge is 2.18. The number of fused-ring (bicyclic) bond motifs is 1. The van der Waals surface area contributed by atoms with Gasteiger partial charge in [-0.25, -0.2) is 4.39 Å². The van der Waals surface area contributed by atoms with Crippen LogP contribution < -0.4 is 9.47 Å². The van der Waals surface area contributed by atoms with Gasteiger partial charge in [-0.15, -0.1) is 10.2 Å². The molecule has 0 radical (unpaired) electrons. The van der Waals surface area contributed by atoms with E-state index in [1.54, 1.807) is 24.3 Å². The first kappa shape index (κ1) is 14.0. The fourth-order valence-electron chi connectivity index (χ4n) is 2.29. The highest BCUT2D eigenvalue weighted by atomic mass is 35.5. The SMILES string of the molecule is Fc1cccc(-c2nnc(-c3ccc4c(c3)OCCO4)o2)c1Cl. The third kappa shape index (κ3) is 2.51. The van der Waals surface area contributed by atoms with E-state index in [1.165, 1.54) is 12.1 Å². The number of hydrogen-bond acceptors (Lipinski definition) is 5. The molecule has 0 spiro atoms. The van der Waals surface area contributed by atoms with Gasteiger partial charge in [-0.05, 0) is 30.3 Å². The molecule has 1 aromatic heterocycles. The van der Waals surface area contributed by atoms with Crippen molar-refractivity contribution in [1.82, 2.24) is 10.2 Å². The Morgan fingerprint density at radius 3 is 2.61 bits per heavy atom. The lowest BCUT2D eigenvalue weighted by molar-refractivity contribution is 0.171. The summed E-state index contributed by atoms with van der Waals surface area (Å²) in [5.74, 6) is 1.20. The van der Waals surface area contributed by atoms with Crippen molar-refractivity contribution in [2.75, 3.05) is 13.2 Å². The third-order valence-electron chi connectivity index (χ3n) is 3.40. The fourth-order valence-corrected chi connectivity index (χ4v) is 2.50. The maximum Gasteiger partial charge on any atom is 0.249 e. The van der Waals surface area contributed by atoms with Crippen molar-refractivity contribution in [2.24, 2.45) is 0 Å². The zero-order valence-electron chi connectivity index (χ0n) is 11.8. The van der Waals surface area contributed by atoms with E-state index in [0.29, 0.717) is 35.8 Å². The highest BCUT2D eigenvalue weighted by molar-refractivity contribution is 6.33. The second-order valence-electron chi connectivity index (χ2n) is 4.87. The summed E-state index contributed by atoms with van der Waals surface area (Å²) >= 11 is 5.94. The number of benzene rings is 2. The van der Waals surface area contributed by atoms with Crippen LogP contribution in [-0.4, -0.2) is 23.4 Å². The van der Waals surface area contributed by atoms with Crippen molar-refractivity contribution in [3.05, 3.63) is 47.2 Å². The molecule has 4 rings (SSSR count). The van der Waals surface area contributed by atoms with Crippen molar-refractivity contribution >= 4 is 11.6 Å². The molecular weight excluding hydrogens is 323 g/mol. The lowest BCUT2D eigenvalue weighted by Gasteiger charge is -2.18. The van der Waals surface area contributed by atoms with Crippen molar-refractivity contribution in [3.8, 4) is 34.4 Å². The fraction of sp³-hybridized carbons (Fsp3) is 0.125. The molecule has 7 heteroatoms. The second-order valence-corrected chi connectivity index (χ2v) is 5.25. The summed E-state index contributed by atoms with van der Waals surface area (Å²) in [6.45, 7) is 1.01. The van der Waals surface area contributed by atoms with E-state index in [4.69, 9.17) is 25.5 Å². The molecule has 0 fully saturated rings. The minimum Gasteiger partial charge on any atom is -0.486 e. The largest absolute Gasteiger partial charge is 0.486 e. The van der Waals surface area contributed by atoms with Crippen molar-refractivity contribution in [3.63, 3.8) is 0 Å². The minimum atomic E-state index is -0.539. The Hall–Kier alpha value is -2.60. The molecule has 2 aromatic carbocycles. The van der Waals surface area contributed by atoms with Crippen LogP contribution >= 0.6 is 11.6 Å². The van der Waals surface area contributed by atoms with Gasteiger partial charge in [0.15, 0.2) is 11.5 Å². The summed E-state index contributed by atoms with van der Waals surface area (Å²) in [5, 5.41) is 7.87. The van der Waals surface area contributed by atoms with Crippen LogP contribution in [0.3, 0.4) is 0 Å². The molecule has 0 N–H and O–H groups in total. The number of aromatic nitrogens is 2. The zero-order valence-corrected chi connectivity index (χ0v) is 12.5. The van der Waals surface area contributed by atoms with E-state index in [-0.39, 0.29) is 16.8 Å². The van der Waals surface area contributed by atoms with E-state index < -0.39 is 5.82 Å². The average molecular weight is 333 g/mol. The van der Waals surface area contributed by atoms with E-state index >= 15 is 0 Å². The zero-order chi connectivity index (χ0) is 15.8. The molecule has 0 amide bonds. The number of rotatable bonds is 2. The molecule has 2 heterocycles. The molecule has 0 saturated carbocycles. The van der Waals surface area contributed by atoms with Gasteiger partial charge >= 0.3 is 0 Å². The van der Waals surface area contributed by atoms with Gasteiger partial charge in [-0.3, -0.25) is 0 Å². The Morgan fingerprint density at radius 2 is 1.74 bits per heavy atom. The third-order valence-corrected chi connectivity index (χ3v) is 3.78. The lowest BCUT2D eigenvalue weighted by Crippen LogP contribution is -2.15. The molecule has 23 heavy (non-hydrogen) atoms. The molecule has 1 aliphatic rings. The minimum absolute atomic E-state index is 0.0510. The topological polar surface area (TPSA) is 57.4 Å². The molecule has 0 unspecified atom stereocenters. The lowest BCUT2D eigenvalue weighted by atomic mass is 10.2. The summed E-state index contributed by atoms with van der Waals surface area (Å²) < 4.78 is 30.1. The van der Waals surface area contributed by atoms with Crippen LogP contribution in [0.2, 0.25) is 5.02 Å². The first-order valence-electron chi connectivity index (χ1n) is 6.90. The Kier molecular flexibility index (Phi) is 3.38. The Morgan fingerprint density at radius 1 is 0.957 bits per heavy atom. The van der Waals surface area contributed by atoms with Gasteiger partial charge in [0, 0.05) is 5.56 Å². The Labute approximate surface area is 135 Å². The Bertz CT molecular complexity index is 882. The van der Waals surface area contributed by atoms with E-state index in [1.807, 2.05) is 0 Å². The maximum absolute atomic E-state index is 13.5. The van der Waals surface area contributed by atoms with Crippen LogP contribution in [0.15, 0.2) is 40.8 Å². The summed E-state index contributed by atoms with van der Waals surface area (Å²) in [6.07, 6.45) is 0. The van der Waals surface area contributed by atoms with Gasteiger partial charge in [-0.1, -0.05) is 17.7 Å². The molecule has 5 nitrogen and oxygen atoms in total. The van der Waals surface area contributed by atoms with E-state index in [0.717, 1.165) is 0 Å². The van der Waals surface area contributed by atoms with Crippen LogP contribution in [0.1, 0.15) is 0 Å². The molecule has 1 aliphatic heterocycles. The summed E-state index contributed by atoms with van der Waals surface area (Å²) in [5.41, 5.74) is 1.03. The molecule has 0 aliphatic carbocycles. The predicted molar refractivity (Wildman–Crippen MR) is 81.1 cm³/mol. The number of nitrogens with zero attached hydrogens (tertiary/aromatic N) is 2.